The Kier molecular flexibility index (Phi) is 5.77. The highest BCUT2D eigenvalue weighted by atomic mass is 16.5. The molecule has 0 aliphatic carbocycles. The molecule has 0 radical (unpaired) electrons. The Labute approximate surface area is 186 Å². The van der Waals surface area contributed by atoms with E-state index >= 15 is 0 Å². The number of amides is 1. The summed E-state index contributed by atoms with van der Waals surface area (Å²) >= 11 is 0. The molecule has 4 aromatic rings. The van der Waals surface area contributed by atoms with Crippen molar-refractivity contribution in [3.05, 3.63) is 84.7 Å². The van der Waals surface area contributed by atoms with Crippen LogP contribution in [0.4, 0.5) is 11.4 Å². The summed E-state index contributed by atoms with van der Waals surface area (Å²) in [6.07, 6.45) is 3.57. The molecule has 0 spiro atoms. The van der Waals surface area contributed by atoms with Gasteiger partial charge in [0.05, 0.1) is 30.8 Å². The first kappa shape index (κ1) is 20.2. The lowest BCUT2D eigenvalue weighted by atomic mass is 10.0. The standard InChI is InChI=1S/C26H24N4O2/c31-25(28-22-9-11-27-12-10-22)18-21-5-1-3-19-7-8-24(29-26(19)21)20-4-2-6-23(17-20)30-13-15-32-16-14-30/h1-12,17H,13-16,18H2,(H,27,28,31). The molecule has 1 aliphatic heterocycles. The molecule has 1 N–H and O–H groups in total. The van der Waals surface area contributed by atoms with E-state index in [0.29, 0.717) is 0 Å². The molecule has 1 aliphatic rings. The number of carbonyl (C=O) groups is 1. The first-order valence-corrected chi connectivity index (χ1v) is 10.8. The third kappa shape index (κ3) is 4.45. The van der Waals surface area contributed by atoms with Gasteiger partial charge >= 0.3 is 0 Å². The Morgan fingerprint density at radius 3 is 2.62 bits per heavy atom. The Hall–Kier alpha value is -3.77. The number of aromatic nitrogens is 2. The van der Waals surface area contributed by atoms with E-state index < -0.39 is 0 Å². The summed E-state index contributed by atoms with van der Waals surface area (Å²) < 4.78 is 5.48. The van der Waals surface area contributed by atoms with Gasteiger partial charge in [-0.25, -0.2) is 4.98 Å². The minimum absolute atomic E-state index is 0.0785. The van der Waals surface area contributed by atoms with Crippen molar-refractivity contribution >= 4 is 28.2 Å². The Morgan fingerprint density at radius 1 is 0.969 bits per heavy atom. The number of carbonyl (C=O) groups excluding carboxylic acids is 1. The van der Waals surface area contributed by atoms with Crippen LogP contribution in [0.3, 0.4) is 0 Å². The highest BCUT2D eigenvalue weighted by molar-refractivity contribution is 5.95. The monoisotopic (exact) mass is 424 g/mol. The quantitative estimate of drug-likeness (QED) is 0.517. The molecule has 160 valence electrons. The largest absolute Gasteiger partial charge is 0.378 e. The van der Waals surface area contributed by atoms with Crippen LogP contribution in [0.15, 0.2) is 79.1 Å². The van der Waals surface area contributed by atoms with Gasteiger partial charge in [-0.3, -0.25) is 9.78 Å². The number of ether oxygens (including phenoxy) is 1. The average Bonchev–Trinajstić information content (AvgIpc) is 2.85. The van der Waals surface area contributed by atoms with Crippen LogP contribution in [0.2, 0.25) is 0 Å². The fraction of sp³-hybridized carbons (Fsp3) is 0.192. The van der Waals surface area contributed by atoms with E-state index in [4.69, 9.17) is 9.72 Å². The number of para-hydroxylation sites is 1. The summed E-state index contributed by atoms with van der Waals surface area (Å²) in [6, 6.07) is 22.1. The number of hydrogen-bond donors (Lipinski definition) is 1. The van der Waals surface area contributed by atoms with E-state index in [9.17, 15) is 4.79 Å². The zero-order valence-electron chi connectivity index (χ0n) is 17.7. The van der Waals surface area contributed by atoms with Gasteiger partial charge in [0.1, 0.15) is 0 Å². The number of nitrogens with one attached hydrogen (secondary N) is 1. The maximum absolute atomic E-state index is 12.6. The summed E-state index contributed by atoms with van der Waals surface area (Å²) in [5.74, 6) is -0.0785. The van der Waals surface area contributed by atoms with Crippen molar-refractivity contribution in [3.63, 3.8) is 0 Å². The van der Waals surface area contributed by atoms with Crippen LogP contribution in [0.25, 0.3) is 22.2 Å². The van der Waals surface area contributed by atoms with Gasteiger partial charge in [-0.1, -0.05) is 36.4 Å². The molecular weight excluding hydrogens is 400 g/mol. The molecule has 6 heteroatoms. The molecule has 1 fully saturated rings. The van der Waals surface area contributed by atoms with Gasteiger partial charge in [-0.15, -0.1) is 0 Å². The van der Waals surface area contributed by atoms with Crippen LogP contribution in [-0.4, -0.2) is 42.2 Å². The topological polar surface area (TPSA) is 67.4 Å². The van der Waals surface area contributed by atoms with Gasteiger partial charge in [0.25, 0.3) is 0 Å². The van der Waals surface area contributed by atoms with Crippen molar-refractivity contribution in [2.24, 2.45) is 0 Å². The summed E-state index contributed by atoms with van der Waals surface area (Å²) in [5, 5.41) is 3.94. The van der Waals surface area contributed by atoms with Crippen molar-refractivity contribution in [1.29, 1.82) is 0 Å². The smallest absolute Gasteiger partial charge is 0.228 e. The van der Waals surface area contributed by atoms with Crippen LogP contribution < -0.4 is 10.2 Å². The second-order valence-corrected chi connectivity index (χ2v) is 7.80. The molecule has 1 amide bonds. The lowest BCUT2D eigenvalue weighted by Crippen LogP contribution is -2.36. The molecule has 2 aromatic heterocycles. The van der Waals surface area contributed by atoms with Gasteiger partial charge in [0.15, 0.2) is 0 Å². The zero-order chi connectivity index (χ0) is 21.8. The molecule has 3 heterocycles. The molecule has 0 atom stereocenters. The van der Waals surface area contributed by atoms with E-state index in [2.05, 4.69) is 45.5 Å². The Morgan fingerprint density at radius 2 is 1.78 bits per heavy atom. The molecule has 0 bridgehead atoms. The predicted molar refractivity (Wildman–Crippen MR) is 127 cm³/mol. The predicted octanol–water partition coefficient (Wildman–Crippen LogP) is 4.31. The fourth-order valence-corrected chi connectivity index (χ4v) is 4.01. The summed E-state index contributed by atoms with van der Waals surface area (Å²) in [5.41, 5.74) is 5.63. The summed E-state index contributed by atoms with van der Waals surface area (Å²) in [4.78, 5) is 23.9. The second kappa shape index (κ2) is 9.16. The van der Waals surface area contributed by atoms with Crippen LogP contribution in [0.5, 0.6) is 0 Å². The molecule has 32 heavy (non-hydrogen) atoms. The van der Waals surface area contributed by atoms with Crippen LogP contribution in [0, 0.1) is 0 Å². The minimum atomic E-state index is -0.0785. The first-order chi connectivity index (χ1) is 15.8. The molecule has 0 saturated carbocycles. The van der Waals surface area contributed by atoms with Crippen molar-refractivity contribution in [3.8, 4) is 11.3 Å². The highest BCUT2D eigenvalue weighted by Gasteiger charge is 2.13. The Bertz CT molecular complexity index is 1240. The Balaban J connectivity index is 1.43. The number of morpholine rings is 1. The lowest BCUT2D eigenvalue weighted by Gasteiger charge is -2.29. The van der Waals surface area contributed by atoms with Crippen molar-refractivity contribution in [2.75, 3.05) is 36.5 Å². The van der Waals surface area contributed by atoms with E-state index in [1.54, 1.807) is 24.5 Å². The van der Waals surface area contributed by atoms with Crippen LogP contribution in [0.1, 0.15) is 5.56 Å². The average molecular weight is 425 g/mol. The van der Waals surface area contributed by atoms with Gasteiger partial charge in [0, 0.05) is 47.8 Å². The van der Waals surface area contributed by atoms with E-state index in [0.717, 1.165) is 59.7 Å². The molecular formula is C26H24N4O2. The normalized spacial score (nSPS) is 13.8. The maximum atomic E-state index is 12.6. The van der Waals surface area contributed by atoms with Crippen LogP contribution >= 0.6 is 0 Å². The van der Waals surface area contributed by atoms with Gasteiger partial charge in [-0.2, -0.15) is 0 Å². The van der Waals surface area contributed by atoms with Crippen molar-refractivity contribution in [1.82, 2.24) is 9.97 Å². The number of pyridine rings is 2. The second-order valence-electron chi connectivity index (χ2n) is 7.80. The van der Waals surface area contributed by atoms with Gasteiger partial charge < -0.3 is 15.0 Å². The van der Waals surface area contributed by atoms with E-state index in [1.165, 1.54) is 5.69 Å². The summed E-state index contributed by atoms with van der Waals surface area (Å²) in [6.45, 7) is 3.30. The van der Waals surface area contributed by atoms with Gasteiger partial charge in [-0.05, 0) is 35.9 Å². The van der Waals surface area contributed by atoms with Crippen molar-refractivity contribution in [2.45, 2.75) is 6.42 Å². The number of benzene rings is 2. The van der Waals surface area contributed by atoms with Gasteiger partial charge in [0.2, 0.25) is 5.91 Å². The number of hydrogen-bond acceptors (Lipinski definition) is 5. The zero-order valence-corrected chi connectivity index (χ0v) is 17.7. The number of anilines is 2. The molecule has 2 aromatic carbocycles. The first-order valence-electron chi connectivity index (χ1n) is 10.8. The fourth-order valence-electron chi connectivity index (χ4n) is 4.01. The molecule has 6 nitrogen and oxygen atoms in total. The third-order valence-electron chi connectivity index (χ3n) is 5.64. The molecule has 0 unspecified atom stereocenters. The number of rotatable bonds is 5. The van der Waals surface area contributed by atoms with E-state index in [1.807, 2.05) is 24.3 Å². The van der Waals surface area contributed by atoms with Crippen molar-refractivity contribution < 1.29 is 9.53 Å². The lowest BCUT2D eigenvalue weighted by molar-refractivity contribution is -0.115. The highest BCUT2D eigenvalue weighted by Crippen LogP contribution is 2.27. The SMILES string of the molecule is O=C(Cc1cccc2ccc(-c3cccc(N4CCOCC4)c3)nc12)Nc1ccncc1. The minimum Gasteiger partial charge on any atom is -0.378 e. The number of nitrogens with zero attached hydrogens (tertiary/aromatic N) is 3. The van der Waals surface area contributed by atoms with Crippen LogP contribution in [-0.2, 0) is 16.0 Å². The summed E-state index contributed by atoms with van der Waals surface area (Å²) in [7, 11) is 0. The molecule has 5 rings (SSSR count). The van der Waals surface area contributed by atoms with E-state index in [-0.39, 0.29) is 12.3 Å². The molecule has 1 saturated heterocycles. The third-order valence-corrected chi connectivity index (χ3v) is 5.64. The number of fused-ring (bicyclic) bond motifs is 1. The maximum Gasteiger partial charge on any atom is 0.228 e.